The van der Waals surface area contributed by atoms with Crippen LogP contribution >= 0.6 is 27.3 Å². The first-order valence-electron chi connectivity index (χ1n) is 6.13. The number of hydrogen-bond donors (Lipinski definition) is 1. The molecular formula is C13H15BrN2O2S2. The van der Waals surface area contributed by atoms with Gasteiger partial charge in [-0.1, -0.05) is 35.0 Å². The number of alkyl halides is 1. The topological polar surface area (TPSA) is 59.1 Å². The van der Waals surface area contributed by atoms with Gasteiger partial charge < -0.3 is 0 Å². The second kappa shape index (κ2) is 6.80. The minimum Gasteiger partial charge on any atom is -0.248 e. The molecule has 0 bridgehead atoms. The van der Waals surface area contributed by atoms with Crippen molar-refractivity contribution in [3.63, 3.8) is 0 Å². The molecule has 1 aromatic heterocycles. The second-order valence-corrected chi connectivity index (χ2v) is 7.43. The number of rotatable bonds is 6. The Balaban J connectivity index is 2.21. The molecule has 0 saturated carbocycles. The van der Waals surface area contributed by atoms with Crippen LogP contribution < -0.4 is 4.72 Å². The van der Waals surface area contributed by atoms with Gasteiger partial charge in [-0.3, -0.25) is 0 Å². The summed E-state index contributed by atoms with van der Waals surface area (Å²) in [6.07, 6.45) is 2.34. The van der Waals surface area contributed by atoms with Gasteiger partial charge in [0.25, 0.3) is 0 Å². The van der Waals surface area contributed by atoms with E-state index in [1.807, 2.05) is 12.3 Å². The molecule has 0 amide bonds. The zero-order valence-corrected chi connectivity index (χ0v) is 14.1. The zero-order chi connectivity index (χ0) is 14.6. The lowest BCUT2D eigenvalue weighted by atomic mass is 10.2. The third-order valence-corrected chi connectivity index (χ3v) is 5.87. The molecular weight excluding hydrogens is 360 g/mol. The number of halogens is 1. The van der Waals surface area contributed by atoms with Crippen molar-refractivity contribution >= 4 is 37.3 Å². The van der Waals surface area contributed by atoms with Crippen molar-refractivity contribution in [3.05, 3.63) is 46.4 Å². The van der Waals surface area contributed by atoms with Crippen LogP contribution in [0.25, 0.3) is 0 Å². The van der Waals surface area contributed by atoms with Gasteiger partial charge in [0.1, 0.15) is 5.01 Å². The van der Waals surface area contributed by atoms with Gasteiger partial charge in [-0.15, -0.1) is 11.3 Å². The van der Waals surface area contributed by atoms with E-state index in [2.05, 4.69) is 25.6 Å². The molecule has 7 heteroatoms. The summed E-state index contributed by atoms with van der Waals surface area (Å²) in [7, 11) is -3.52. The minimum atomic E-state index is -3.52. The molecule has 0 fully saturated rings. The van der Waals surface area contributed by atoms with Gasteiger partial charge in [-0.05, 0) is 24.1 Å². The molecule has 1 aromatic carbocycles. The summed E-state index contributed by atoms with van der Waals surface area (Å²) < 4.78 is 27.4. The van der Waals surface area contributed by atoms with Crippen LogP contribution in [0.4, 0.5) is 0 Å². The maximum Gasteiger partial charge on any atom is 0.241 e. The van der Waals surface area contributed by atoms with Crippen molar-refractivity contribution < 1.29 is 8.42 Å². The predicted molar refractivity (Wildman–Crippen MR) is 84.5 cm³/mol. The van der Waals surface area contributed by atoms with Crippen LogP contribution in [-0.4, -0.2) is 13.4 Å². The van der Waals surface area contributed by atoms with Crippen molar-refractivity contribution in [3.8, 4) is 0 Å². The molecule has 0 aliphatic carbocycles. The average molecular weight is 375 g/mol. The summed E-state index contributed by atoms with van der Waals surface area (Å²) in [5.41, 5.74) is 1.04. The van der Waals surface area contributed by atoms with Crippen LogP contribution in [0.2, 0.25) is 0 Å². The molecule has 0 spiro atoms. The van der Waals surface area contributed by atoms with Crippen molar-refractivity contribution in [2.24, 2.45) is 0 Å². The number of benzene rings is 1. The van der Waals surface area contributed by atoms with E-state index in [0.717, 1.165) is 10.6 Å². The number of hydrogen-bond acceptors (Lipinski definition) is 4. The van der Waals surface area contributed by atoms with E-state index in [-0.39, 0.29) is 10.9 Å². The molecule has 1 atom stereocenters. The summed E-state index contributed by atoms with van der Waals surface area (Å²) >= 11 is 4.79. The second-order valence-electron chi connectivity index (χ2n) is 4.23. The minimum absolute atomic E-state index is 0.275. The Morgan fingerprint density at radius 3 is 2.55 bits per heavy atom. The van der Waals surface area contributed by atoms with E-state index in [1.54, 1.807) is 30.5 Å². The van der Waals surface area contributed by atoms with Gasteiger partial charge in [0, 0.05) is 16.9 Å². The number of nitrogens with zero attached hydrogens (tertiary/aromatic N) is 1. The molecule has 1 N–H and O–H groups in total. The van der Waals surface area contributed by atoms with Crippen LogP contribution in [0.15, 0.2) is 40.7 Å². The smallest absolute Gasteiger partial charge is 0.241 e. The van der Waals surface area contributed by atoms with Crippen LogP contribution in [0.5, 0.6) is 0 Å². The SMILES string of the molecule is CCC(NS(=O)(=O)c1ccc(CBr)cc1)c1nccs1. The highest BCUT2D eigenvalue weighted by Gasteiger charge is 2.21. The maximum absolute atomic E-state index is 12.4. The largest absolute Gasteiger partial charge is 0.248 e. The quantitative estimate of drug-likeness (QED) is 0.787. The van der Waals surface area contributed by atoms with Gasteiger partial charge >= 0.3 is 0 Å². The average Bonchev–Trinajstić information content (AvgIpc) is 2.99. The molecule has 0 radical (unpaired) electrons. The highest BCUT2D eigenvalue weighted by Crippen LogP contribution is 2.22. The molecule has 2 aromatic rings. The zero-order valence-electron chi connectivity index (χ0n) is 10.9. The van der Waals surface area contributed by atoms with E-state index in [0.29, 0.717) is 11.8 Å². The van der Waals surface area contributed by atoms with Crippen LogP contribution in [0.3, 0.4) is 0 Å². The Kier molecular flexibility index (Phi) is 5.31. The Bertz CT molecular complexity index is 640. The fraction of sp³-hybridized carbons (Fsp3) is 0.308. The monoisotopic (exact) mass is 374 g/mol. The highest BCUT2D eigenvalue weighted by molar-refractivity contribution is 9.08. The van der Waals surface area contributed by atoms with Gasteiger partial charge in [-0.25, -0.2) is 18.1 Å². The maximum atomic E-state index is 12.4. The predicted octanol–water partition coefficient (Wildman–Crippen LogP) is 3.47. The van der Waals surface area contributed by atoms with Crippen molar-refractivity contribution in [2.45, 2.75) is 29.6 Å². The van der Waals surface area contributed by atoms with Gasteiger partial charge in [0.2, 0.25) is 10.0 Å². The summed E-state index contributed by atoms with van der Waals surface area (Å²) in [6, 6.07) is 6.55. The summed E-state index contributed by atoms with van der Waals surface area (Å²) in [4.78, 5) is 4.45. The molecule has 0 aliphatic heterocycles. The van der Waals surface area contributed by atoms with Crippen molar-refractivity contribution in [1.29, 1.82) is 0 Å². The van der Waals surface area contributed by atoms with E-state index < -0.39 is 10.0 Å². The lowest BCUT2D eigenvalue weighted by Crippen LogP contribution is -2.28. The van der Waals surface area contributed by atoms with Crippen molar-refractivity contribution in [2.75, 3.05) is 0 Å². The molecule has 108 valence electrons. The Hall–Kier alpha value is -0.760. The van der Waals surface area contributed by atoms with E-state index in [9.17, 15) is 8.42 Å². The molecule has 20 heavy (non-hydrogen) atoms. The molecule has 1 heterocycles. The van der Waals surface area contributed by atoms with Crippen LogP contribution in [0, 0.1) is 0 Å². The first kappa shape index (κ1) is 15.6. The summed E-state index contributed by atoms with van der Waals surface area (Å²) in [6.45, 7) is 1.93. The normalized spacial score (nSPS) is 13.3. The Morgan fingerprint density at radius 1 is 1.35 bits per heavy atom. The van der Waals surface area contributed by atoms with Gasteiger partial charge in [0.05, 0.1) is 10.9 Å². The Morgan fingerprint density at radius 2 is 2.05 bits per heavy atom. The molecule has 4 nitrogen and oxygen atoms in total. The highest BCUT2D eigenvalue weighted by atomic mass is 79.9. The number of thiazole rings is 1. The van der Waals surface area contributed by atoms with E-state index in [1.165, 1.54) is 11.3 Å². The lowest BCUT2D eigenvalue weighted by Gasteiger charge is -2.14. The van der Waals surface area contributed by atoms with Gasteiger partial charge in [0.15, 0.2) is 0 Å². The fourth-order valence-electron chi connectivity index (χ4n) is 1.73. The number of aromatic nitrogens is 1. The van der Waals surface area contributed by atoms with Crippen LogP contribution in [-0.2, 0) is 15.4 Å². The first-order valence-corrected chi connectivity index (χ1v) is 9.62. The number of nitrogens with one attached hydrogen (secondary N) is 1. The number of sulfonamides is 1. The fourth-order valence-corrected chi connectivity index (χ4v) is 4.23. The van der Waals surface area contributed by atoms with Gasteiger partial charge in [-0.2, -0.15) is 0 Å². The summed E-state index contributed by atoms with van der Waals surface area (Å²) in [5.74, 6) is 0. The first-order chi connectivity index (χ1) is 9.56. The lowest BCUT2D eigenvalue weighted by molar-refractivity contribution is 0.549. The standard InChI is InChI=1S/C13H15BrN2O2S2/c1-2-12(13-15-7-8-19-13)16-20(17,18)11-5-3-10(9-14)4-6-11/h3-8,12,16H,2,9H2,1H3. The molecule has 0 saturated heterocycles. The third-order valence-electron chi connectivity index (χ3n) is 2.84. The van der Waals surface area contributed by atoms with Crippen molar-refractivity contribution in [1.82, 2.24) is 9.71 Å². The summed E-state index contributed by atoms with van der Waals surface area (Å²) in [5, 5.41) is 3.34. The van der Waals surface area contributed by atoms with E-state index >= 15 is 0 Å². The van der Waals surface area contributed by atoms with Crippen LogP contribution in [0.1, 0.15) is 30.0 Å². The Labute approximate surface area is 131 Å². The van der Waals surface area contributed by atoms with E-state index in [4.69, 9.17) is 0 Å². The molecule has 0 aliphatic rings. The molecule has 2 rings (SSSR count). The third kappa shape index (κ3) is 3.66. The molecule has 1 unspecified atom stereocenters.